The van der Waals surface area contributed by atoms with E-state index in [0.29, 0.717) is 49.8 Å². The molecule has 8 nitrogen and oxygen atoms in total. The van der Waals surface area contributed by atoms with Crippen LogP contribution in [-0.2, 0) is 4.74 Å². The lowest BCUT2D eigenvalue weighted by molar-refractivity contribution is 0.122. The zero-order chi connectivity index (χ0) is 22.8. The SMILES string of the molecule is NCCC1CCN(c2cc(N3CCOCC3)nc(-n3c(C(F)F)nc4ccccc43)n2)CC1. The monoisotopic (exact) mass is 457 g/mol. The summed E-state index contributed by atoms with van der Waals surface area (Å²) < 4.78 is 34.9. The lowest BCUT2D eigenvalue weighted by Gasteiger charge is -2.34. The molecule has 2 saturated heterocycles. The van der Waals surface area contributed by atoms with Crippen molar-refractivity contribution in [3.05, 3.63) is 36.2 Å². The number of alkyl halides is 2. The number of halogens is 2. The van der Waals surface area contributed by atoms with E-state index in [9.17, 15) is 8.78 Å². The van der Waals surface area contributed by atoms with Gasteiger partial charge in [-0.3, -0.25) is 4.57 Å². The van der Waals surface area contributed by atoms with Crippen LogP contribution in [-0.4, -0.2) is 65.5 Å². The van der Waals surface area contributed by atoms with Crippen LogP contribution in [0.15, 0.2) is 30.3 Å². The Kier molecular flexibility index (Phi) is 6.37. The summed E-state index contributed by atoms with van der Waals surface area (Å²) in [7, 11) is 0. The Morgan fingerprint density at radius 2 is 1.64 bits per heavy atom. The van der Waals surface area contributed by atoms with Crippen LogP contribution in [0.1, 0.15) is 31.5 Å². The van der Waals surface area contributed by atoms with Gasteiger partial charge in [0.15, 0.2) is 5.82 Å². The number of piperidine rings is 1. The van der Waals surface area contributed by atoms with E-state index in [0.717, 1.165) is 44.0 Å². The third-order valence-corrected chi connectivity index (χ3v) is 6.52. The van der Waals surface area contributed by atoms with Crippen LogP contribution in [0.4, 0.5) is 20.4 Å². The molecule has 2 aliphatic rings. The number of benzene rings is 1. The van der Waals surface area contributed by atoms with Crippen LogP contribution < -0.4 is 15.5 Å². The quantitative estimate of drug-likeness (QED) is 0.609. The lowest BCUT2D eigenvalue weighted by Crippen LogP contribution is -2.38. The minimum atomic E-state index is -2.75. The van der Waals surface area contributed by atoms with E-state index < -0.39 is 6.43 Å². The van der Waals surface area contributed by atoms with Crippen molar-refractivity contribution in [3.8, 4) is 5.95 Å². The number of anilines is 2. The molecule has 1 aromatic carbocycles. The van der Waals surface area contributed by atoms with Crippen molar-refractivity contribution in [2.45, 2.75) is 25.7 Å². The molecule has 2 N–H and O–H groups in total. The highest BCUT2D eigenvalue weighted by Gasteiger charge is 2.26. The number of hydrogen-bond acceptors (Lipinski definition) is 7. The number of hydrogen-bond donors (Lipinski definition) is 1. The largest absolute Gasteiger partial charge is 0.378 e. The smallest absolute Gasteiger partial charge is 0.296 e. The molecule has 4 heterocycles. The maximum Gasteiger partial charge on any atom is 0.296 e. The average Bonchev–Trinajstić information content (AvgIpc) is 3.25. The second kappa shape index (κ2) is 9.56. The molecule has 0 saturated carbocycles. The van der Waals surface area contributed by atoms with E-state index in [1.165, 1.54) is 4.57 Å². The Labute approximate surface area is 191 Å². The minimum Gasteiger partial charge on any atom is -0.378 e. The molecule has 0 aliphatic carbocycles. The van der Waals surface area contributed by atoms with Gasteiger partial charge >= 0.3 is 0 Å². The van der Waals surface area contributed by atoms with Gasteiger partial charge in [0, 0.05) is 32.2 Å². The summed E-state index contributed by atoms with van der Waals surface area (Å²) in [6.45, 7) is 5.02. The Balaban J connectivity index is 1.58. The number of nitrogens with zero attached hydrogens (tertiary/aromatic N) is 6. The first-order chi connectivity index (χ1) is 16.1. The van der Waals surface area contributed by atoms with Gasteiger partial charge in [0.1, 0.15) is 11.6 Å². The molecule has 0 atom stereocenters. The van der Waals surface area contributed by atoms with Crippen molar-refractivity contribution < 1.29 is 13.5 Å². The fraction of sp³-hybridized carbons (Fsp3) is 0.522. The molecule has 0 unspecified atom stereocenters. The van der Waals surface area contributed by atoms with E-state index >= 15 is 0 Å². The van der Waals surface area contributed by atoms with Gasteiger partial charge < -0.3 is 20.3 Å². The molecule has 3 aromatic rings. The maximum absolute atomic E-state index is 14.0. The van der Waals surface area contributed by atoms with Crippen molar-refractivity contribution in [1.29, 1.82) is 0 Å². The highest BCUT2D eigenvalue weighted by molar-refractivity contribution is 5.78. The Hall–Kier alpha value is -2.85. The van der Waals surface area contributed by atoms with Gasteiger partial charge in [-0.1, -0.05) is 12.1 Å². The number of fused-ring (bicyclic) bond motifs is 1. The first kappa shape index (κ1) is 22.0. The summed E-state index contributed by atoms with van der Waals surface area (Å²) in [5.74, 6) is 1.98. The summed E-state index contributed by atoms with van der Waals surface area (Å²) in [6.07, 6.45) is 0.364. The molecule has 0 radical (unpaired) electrons. The van der Waals surface area contributed by atoms with E-state index in [4.69, 9.17) is 20.4 Å². The summed E-state index contributed by atoms with van der Waals surface area (Å²) in [5, 5.41) is 0. The van der Waals surface area contributed by atoms with E-state index in [1.807, 2.05) is 12.1 Å². The predicted molar refractivity (Wildman–Crippen MR) is 123 cm³/mol. The number of imidazole rings is 1. The highest BCUT2D eigenvalue weighted by Crippen LogP contribution is 2.31. The molecule has 5 rings (SSSR count). The third-order valence-electron chi connectivity index (χ3n) is 6.52. The molecule has 0 amide bonds. The van der Waals surface area contributed by atoms with E-state index in [2.05, 4.69) is 14.8 Å². The number of para-hydroxylation sites is 2. The van der Waals surface area contributed by atoms with Crippen molar-refractivity contribution >= 4 is 22.7 Å². The molecular formula is C23H29F2N7O. The fourth-order valence-electron chi connectivity index (χ4n) is 4.71. The lowest BCUT2D eigenvalue weighted by atomic mass is 9.94. The van der Waals surface area contributed by atoms with Crippen molar-refractivity contribution in [1.82, 2.24) is 19.5 Å². The van der Waals surface area contributed by atoms with Crippen molar-refractivity contribution in [2.75, 3.05) is 55.7 Å². The molecule has 33 heavy (non-hydrogen) atoms. The zero-order valence-corrected chi connectivity index (χ0v) is 18.5. The number of aromatic nitrogens is 4. The van der Waals surface area contributed by atoms with Crippen molar-refractivity contribution in [3.63, 3.8) is 0 Å². The summed E-state index contributed by atoms with van der Waals surface area (Å²) in [6, 6.07) is 9.07. The van der Waals surface area contributed by atoms with E-state index in [-0.39, 0.29) is 11.8 Å². The fourth-order valence-corrected chi connectivity index (χ4v) is 4.71. The molecule has 176 valence electrons. The first-order valence-corrected chi connectivity index (χ1v) is 11.6. The topological polar surface area (TPSA) is 85.3 Å². The van der Waals surface area contributed by atoms with Crippen LogP contribution in [0.25, 0.3) is 17.0 Å². The number of morpholine rings is 1. The second-order valence-corrected chi connectivity index (χ2v) is 8.59. The maximum atomic E-state index is 14.0. The van der Waals surface area contributed by atoms with Gasteiger partial charge in [0.2, 0.25) is 5.95 Å². The van der Waals surface area contributed by atoms with Gasteiger partial charge in [-0.2, -0.15) is 9.97 Å². The number of ether oxygens (including phenoxy) is 1. The molecule has 2 aliphatic heterocycles. The standard InChI is InChI=1S/C23H29F2N7O/c24-21(25)22-27-17-3-1-2-4-18(17)32(22)23-28-19(30-9-6-16(5-8-26)7-10-30)15-20(29-23)31-11-13-33-14-12-31/h1-4,15-16,21H,5-14,26H2. The molecule has 0 spiro atoms. The average molecular weight is 458 g/mol. The van der Waals surface area contributed by atoms with Crippen LogP contribution in [0, 0.1) is 5.92 Å². The number of nitrogens with two attached hydrogens (primary N) is 1. The molecule has 2 aromatic heterocycles. The molecular weight excluding hydrogens is 428 g/mol. The second-order valence-electron chi connectivity index (χ2n) is 8.59. The molecule has 10 heteroatoms. The normalized spacial score (nSPS) is 17.9. The van der Waals surface area contributed by atoms with Gasteiger partial charge in [0.25, 0.3) is 6.43 Å². The van der Waals surface area contributed by atoms with Gasteiger partial charge in [-0.05, 0) is 43.9 Å². The summed E-state index contributed by atoms with van der Waals surface area (Å²) in [4.78, 5) is 18.0. The zero-order valence-electron chi connectivity index (χ0n) is 18.5. The molecule has 2 fully saturated rings. The first-order valence-electron chi connectivity index (χ1n) is 11.6. The van der Waals surface area contributed by atoms with Crippen LogP contribution in [0.5, 0.6) is 0 Å². The highest BCUT2D eigenvalue weighted by atomic mass is 19.3. The van der Waals surface area contributed by atoms with Crippen molar-refractivity contribution in [2.24, 2.45) is 11.7 Å². The van der Waals surface area contributed by atoms with Gasteiger partial charge in [-0.15, -0.1) is 0 Å². The minimum absolute atomic E-state index is 0.224. The van der Waals surface area contributed by atoms with Crippen LogP contribution >= 0.6 is 0 Å². The van der Waals surface area contributed by atoms with Crippen LogP contribution in [0.2, 0.25) is 0 Å². The van der Waals surface area contributed by atoms with Gasteiger partial charge in [-0.25, -0.2) is 13.8 Å². The Morgan fingerprint density at radius 1 is 0.970 bits per heavy atom. The number of rotatable bonds is 6. The molecule has 0 bridgehead atoms. The Bertz CT molecular complexity index is 1090. The Morgan fingerprint density at radius 3 is 2.30 bits per heavy atom. The predicted octanol–water partition coefficient (Wildman–Crippen LogP) is 3.15. The van der Waals surface area contributed by atoms with Crippen LogP contribution in [0.3, 0.4) is 0 Å². The summed E-state index contributed by atoms with van der Waals surface area (Å²) in [5.41, 5.74) is 6.81. The summed E-state index contributed by atoms with van der Waals surface area (Å²) >= 11 is 0. The third kappa shape index (κ3) is 4.49. The van der Waals surface area contributed by atoms with E-state index in [1.54, 1.807) is 18.2 Å². The van der Waals surface area contributed by atoms with Gasteiger partial charge in [0.05, 0.1) is 24.2 Å².